The van der Waals surface area contributed by atoms with Crippen molar-refractivity contribution < 1.29 is 14.2 Å². The maximum atomic E-state index is 5.79. The van der Waals surface area contributed by atoms with E-state index in [1.54, 1.807) is 0 Å². The van der Waals surface area contributed by atoms with Gasteiger partial charge in [-0.3, -0.25) is 0 Å². The molecule has 0 aliphatic carbocycles. The molecule has 0 spiro atoms. The Morgan fingerprint density at radius 1 is 1.16 bits per heavy atom. The molecule has 8 heteroatoms. The second-order valence-electron chi connectivity index (χ2n) is 7.93. The van der Waals surface area contributed by atoms with Crippen molar-refractivity contribution in [2.24, 2.45) is 10.9 Å². The maximum absolute atomic E-state index is 5.79. The van der Waals surface area contributed by atoms with Crippen LogP contribution in [0.25, 0.3) is 0 Å². The number of guanidine groups is 1. The number of rotatable bonds is 14. The number of ether oxygens (including phenoxy) is 3. The molecule has 1 heterocycles. The first kappa shape index (κ1) is 27.9. The molecule has 0 radical (unpaired) electrons. The van der Waals surface area contributed by atoms with Crippen molar-refractivity contribution in [3.63, 3.8) is 0 Å². The summed E-state index contributed by atoms with van der Waals surface area (Å²) in [6.45, 7) is 9.46. The van der Waals surface area contributed by atoms with Crippen LogP contribution in [0.4, 0.5) is 0 Å². The van der Waals surface area contributed by atoms with E-state index in [9.17, 15) is 0 Å². The normalized spacial score (nSPS) is 16.3. The first-order chi connectivity index (χ1) is 14.7. The van der Waals surface area contributed by atoms with Gasteiger partial charge in [-0.05, 0) is 58.0 Å². The van der Waals surface area contributed by atoms with Crippen molar-refractivity contribution >= 4 is 29.9 Å². The summed E-state index contributed by atoms with van der Waals surface area (Å²) in [5.41, 5.74) is 1.16. The Bertz CT molecular complexity index is 593. The van der Waals surface area contributed by atoms with E-state index in [-0.39, 0.29) is 24.0 Å². The highest BCUT2D eigenvalue weighted by Gasteiger charge is 2.15. The van der Waals surface area contributed by atoms with E-state index in [0.29, 0.717) is 12.5 Å². The highest BCUT2D eigenvalue weighted by molar-refractivity contribution is 14.0. The van der Waals surface area contributed by atoms with Crippen molar-refractivity contribution in [2.75, 3.05) is 66.8 Å². The Morgan fingerprint density at radius 3 is 2.65 bits per heavy atom. The third-order valence-corrected chi connectivity index (χ3v) is 4.84. The molecule has 0 bridgehead atoms. The molecule has 1 fully saturated rings. The second kappa shape index (κ2) is 17.5. The lowest BCUT2D eigenvalue weighted by Gasteiger charge is -2.12. The molecular formula is C23H41IN4O3. The standard InChI is InChI=1S/C23H40N4O3.HI/c1-4-24-23(25-12-5-14-28-18-21-11-16-29-19-21)26-17-20-7-9-22(10-8-20)30-15-6-13-27(2)3;/h7-10,21H,4-6,11-19H2,1-3H3,(H2,24,25,26);1H. The molecule has 0 aromatic heterocycles. The maximum Gasteiger partial charge on any atom is 0.191 e. The van der Waals surface area contributed by atoms with E-state index in [0.717, 1.165) is 89.2 Å². The summed E-state index contributed by atoms with van der Waals surface area (Å²) in [7, 11) is 4.15. The summed E-state index contributed by atoms with van der Waals surface area (Å²) >= 11 is 0. The third-order valence-electron chi connectivity index (χ3n) is 4.84. The average Bonchev–Trinajstić information content (AvgIpc) is 3.26. The molecule has 1 saturated heterocycles. The van der Waals surface area contributed by atoms with Gasteiger partial charge >= 0.3 is 0 Å². The van der Waals surface area contributed by atoms with Crippen LogP contribution >= 0.6 is 24.0 Å². The van der Waals surface area contributed by atoms with Crippen LogP contribution < -0.4 is 15.4 Å². The number of nitrogens with zero attached hydrogens (tertiary/aromatic N) is 2. The van der Waals surface area contributed by atoms with E-state index in [2.05, 4.69) is 53.7 Å². The summed E-state index contributed by atoms with van der Waals surface area (Å²) in [4.78, 5) is 6.85. The smallest absolute Gasteiger partial charge is 0.191 e. The Balaban J connectivity index is 0.00000480. The number of halogens is 1. The number of hydrogen-bond donors (Lipinski definition) is 2. The van der Waals surface area contributed by atoms with Gasteiger partial charge in [0.1, 0.15) is 5.75 Å². The molecule has 0 saturated carbocycles. The van der Waals surface area contributed by atoms with Crippen LogP contribution in [0.2, 0.25) is 0 Å². The molecule has 2 rings (SSSR count). The van der Waals surface area contributed by atoms with Crippen molar-refractivity contribution in [1.29, 1.82) is 0 Å². The van der Waals surface area contributed by atoms with E-state index < -0.39 is 0 Å². The highest BCUT2D eigenvalue weighted by Crippen LogP contribution is 2.13. The van der Waals surface area contributed by atoms with Gasteiger partial charge in [0.2, 0.25) is 0 Å². The van der Waals surface area contributed by atoms with Gasteiger partial charge in [0.25, 0.3) is 0 Å². The lowest BCUT2D eigenvalue weighted by molar-refractivity contribution is 0.0888. The summed E-state index contributed by atoms with van der Waals surface area (Å²) in [6, 6.07) is 8.20. The molecule has 31 heavy (non-hydrogen) atoms. The van der Waals surface area contributed by atoms with Crippen LogP contribution in [0, 0.1) is 5.92 Å². The molecule has 1 aromatic rings. The van der Waals surface area contributed by atoms with Crippen molar-refractivity contribution in [1.82, 2.24) is 15.5 Å². The van der Waals surface area contributed by atoms with E-state index in [1.165, 1.54) is 0 Å². The minimum atomic E-state index is 0. The molecule has 1 aliphatic heterocycles. The van der Waals surface area contributed by atoms with Gasteiger partial charge in [-0.25, -0.2) is 4.99 Å². The Labute approximate surface area is 205 Å². The van der Waals surface area contributed by atoms with Gasteiger partial charge in [-0.1, -0.05) is 12.1 Å². The molecule has 2 N–H and O–H groups in total. The number of nitrogens with one attached hydrogen (secondary N) is 2. The van der Waals surface area contributed by atoms with Crippen molar-refractivity contribution in [3.8, 4) is 5.75 Å². The molecule has 7 nitrogen and oxygen atoms in total. The molecule has 178 valence electrons. The van der Waals surface area contributed by atoms with Crippen LogP contribution in [-0.2, 0) is 16.0 Å². The SMILES string of the molecule is CCNC(=NCc1ccc(OCCCN(C)C)cc1)NCCCOCC1CCOC1.I. The Morgan fingerprint density at radius 2 is 1.97 bits per heavy atom. The predicted molar refractivity (Wildman–Crippen MR) is 138 cm³/mol. The fourth-order valence-corrected chi connectivity index (χ4v) is 3.12. The van der Waals surface area contributed by atoms with Crippen LogP contribution in [-0.4, -0.2) is 77.6 Å². The van der Waals surface area contributed by atoms with Gasteiger partial charge in [0.15, 0.2) is 5.96 Å². The zero-order valence-electron chi connectivity index (χ0n) is 19.4. The fraction of sp³-hybridized carbons (Fsp3) is 0.696. The van der Waals surface area contributed by atoms with Crippen LogP contribution in [0.5, 0.6) is 5.75 Å². The fourth-order valence-electron chi connectivity index (χ4n) is 3.12. The summed E-state index contributed by atoms with van der Waals surface area (Å²) in [5.74, 6) is 2.33. The molecule has 1 aliphatic rings. The quantitative estimate of drug-likeness (QED) is 0.161. The molecule has 1 atom stereocenters. The Kier molecular flexibility index (Phi) is 15.7. The number of aliphatic imine (C=N–C) groups is 1. The van der Waals surface area contributed by atoms with Crippen LogP contribution in [0.15, 0.2) is 29.3 Å². The van der Waals surface area contributed by atoms with Gasteiger partial charge in [-0.15, -0.1) is 24.0 Å². The lowest BCUT2D eigenvalue weighted by atomic mass is 10.1. The van der Waals surface area contributed by atoms with Crippen LogP contribution in [0.3, 0.4) is 0 Å². The third kappa shape index (κ3) is 13.1. The van der Waals surface area contributed by atoms with Gasteiger partial charge in [-0.2, -0.15) is 0 Å². The summed E-state index contributed by atoms with van der Waals surface area (Å²) in [6.07, 6.45) is 3.10. The van der Waals surface area contributed by atoms with Crippen LogP contribution in [0.1, 0.15) is 31.7 Å². The van der Waals surface area contributed by atoms with Gasteiger partial charge in [0.05, 0.1) is 26.4 Å². The zero-order valence-corrected chi connectivity index (χ0v) is 21.7. The van der Waals surface area contributed by atoms with Gasteiger partial charge < -0.3 is 29.7 Å². The van der Waals surface area contributed by atoms with Gasteiger partial charge in [0, 0.05) is 38.8 Å². The predicted octanol–water partition coefficient (Wildman–Crippen LogP) is 3.13. The van der Waals surface area contributed by atoms with Crippen molar-refractivity contribution in [3.05, 3.63) is 29.8 Å². The highest BCUT2D eigenvalue weighted by atomic mass is 127. The Hall–Kier alpha value is -1.10. The number of benzene rings is 1. The first-order valence-corrected chi connectivity index (χ1v) is 11.2. The minimum absolute atomic E-state index is 0. The molecule has 0 amide bonds. The molecule has 1 unspecified atom stereocenters. The monoisotopic (exact) mass is 548 g/mol. The van der Waals surface area contributed by atoms with E-state index in [1.807, 2.05) is 12.1 Å². The minimum Gasteiger partial charge on any atom is -0.494 e. The topological polar surface area (TPSA) is 67.4 Å². The lowest BCUT2D eigenvalue weighted by Crippen LogP contribution is -2.38. The zero-order chi connectivity index (χ0) is 21.4. The average molecular weight is 549 g/mol. The molecule has 1 aromatic carbocycles. The second-order valence-corrected chi connectivity index (χ2v) is 7.93. The van der Waals surface area contributed by atoms with E-state index >= 15 is 0 Å². The van der Waals surface area contributed by atoms with Crippen molar-refractivity contribution in [2.45, 2.75) is 32.7 Å². The molecular weight excluding hydrogens is 507 g/mol. The van der Waals surface area contributed by atoms with E-state index in [4.69, 9.17) is 14.2 Å². The summed E-state index contributed by atoms with van der Waals surface area (Å²) in [5, 5.41) is 6.68. The first-order valence-electron chi connectivity index (χ1n) is 11.2. The largest absolute Gasteiger partial charge is 0.494 e. The number of hydrogen-bond acceptors (Lipinski definition) is 5. The summed E-state index contributed by atoms with van der Waals surface area (Å²) < 4.78 is 16.9.